The molecular weight excluding hydrogens is 395 g/mol. The Hall–Kier alpha value is -3.21. The Balaban J connectivity index is 1.59. The molecule has 2 heterocycles. The maximum absolute atomic E-state index is 12.2. The standard InChI is InChI=1S/C17H14F3N5O2S/c1-10(11-2-5-13(6-3-11)27-17(18,19)20)23-14-7-4-12(8-21-14)15(26)24-16-25-22-9-28-16/h2-10H,1H3,(H,21,23)(H,24,25,26)/t10-/m0/s1. The molecule has 0 saturated heterocycles. The van der Waals surface area contributed by atoms with Gasteiger partial charge in [0.2, 0.25) is 5.13 Å². The fraction of sp³-hybridized carbons (Fsp3) is 0.176. The summed E-state index contributed by atoms with van der Waals surface area (Å²) in [4.78, 5) is 16.3. The molecule has 0 unspecified atom stereocenters. The van der Waals surface area contributed by atoms with E-state index in [4.69, 9.17) is 0 Å². The summed E-state index contributed by atoms with van der Waals surface area (Å²) in [6.45, 7) is 1.83. The Bertz CT molecular complexity index is 915. The fourth-order valence-corrected chi connectivity index (χ4v) is 2.71. The van der Waals surface area contributed by atoms with E-state index in [0.717, 1.165) is 5.56 Å². The van der Waals surface area contributed by atoms with E-state index in [1.165, 1.54) is 47.3 Å². The van der Waals surface area contributed by atoms with Crippen molar-refractivity contribution in [2.75, 3.05) is 10.6 Å². The molecule has 2 aromatic heterocycles. The van der Waals surface area contributed by atoms with Crippen molar-refractivity contribution in [2.24, 2.45) is 0 Å². The molecule has 0 radical (unpaired) electrons. The highest BCUT2D eigenvalue weighted by atomic mass is 32.1. The lowest BCUT2D eigenvalue weighted by Gasteiger charge is -2.16. The fourth-order valence-electron chi connectivity index (χ4n) is 2.27. The second-order valence-corrected chi connectivity index (χ2v) is 6.45. The number of nitrogens with zero attached hydrogens (tertiary/aromatic N) is 3. The normalized spacial score (nSPS) is 12.3. The predicted molar refractivity (Wildman–Crippen MR) is 97.3 cm³/mol. The number of anilines is 2. The molecule has 2 N–H and O–H groups in total. The molecule has 0 bridgehead atoms. The highest BCUT2D eigenvalue weighted by molar-refractivity contribution is 7.13. The maximum atomic E-state index is 12.2. The Morgan fingerprint density at radius 1 is 1.18 bits per heavy atom. The number of pyridine rings is 1. The van der Waals surface area contributed by atoms with Crippen LogP contribution in [0.3, 0.4) is 0 Å². The van der Waals surface area contributed by atoms with E-state index in [1.807, 2.05) is 6.92 Å². The zero-order valence-electron chi connectivity index (χ0n) is 14.4. The van der Waals surface area contributed by atoms with Crippen molar-refractivity contribution in [3.05, 3.63) is 59.2 Å². The highest BCUT2D eigenvalue weighted by Gasteiger charge is 2.31. The van der Waals surface area contributed by atoms with Crippen LogP contribution < -0.4 is 15.4 Å². The maximum Gasteiger partial charge on any atom is 0.573 e. The van der Waals surface area contributed by atoms with E-state index >= 15 is 0 Å². The SMILES string of the molecule is C[C@H](Nc1ccc(C(=O)Nc2nncs2)cn1)c1ccc(OC(F)(F)F)cc1. The van der Waals surface area contributed by atoms with E-state index in [-0.39, 0.29) is 17.7 Å². The molecular formula is C17H14F3N5O2S. The number of nitrogens with one attached hydrogen (secondary N) is 2. The van der Waals surface area contributed by atoms with Gasteiger partial charge in [0.15, 0.2) is 0 Å². The van der Waals surface area contributed by atoms with Gasteiger partial charge < -0.3 is 10.1 Å². The second kappa shape index (κ2) is 8.21. The lowest BCUT2D eigenvalue weighted by atomic mass is 10.1. The molecule has 1 atom stereocenters. The second-order valence-electron chi connectivity index (χ2n) is 5.61. The predicted octanol–water partition coefficient (Wildman–Crippen LogP) is 4.26. The molecule has 146 valence electrons. The minimum absolute atomic E-state index is 0.228. The van der Waals surface area contributed by atoms with Gasteiger partial charge >= 0.3 is 6.36 Å². The number of alkyl halides is 3. The largest absolute Gasteiger partial charge is 0.573 e. The molecule has 3 aromatic rings. The van der Waals surface area contributed by atoms with Crippen LogP contribution in [0.15, 0.2) is 48.1 Å². The van der Waals surface area contributed by atoms with Crippen molar-refractivity contribution < 1.29 is 22.7 Å². The number of hydrogen-bond acceptors (Lipinski definition) is 7. The molecule has 0 aliphatic carbocycles. The summed E-state index contributed by atoms with van der Waals surface area (Å²) < 4.78 is 40.5. The number of aromatic nitrogens is 3. The topological polar surface area (TPSA) is 89.0 Å². The van der Waals surface area contributed by atoms with E-state index < -0.39 is 6.36 Å². The molecule has 0 fully saturated rings. The van der Waals surface area contributed by atoms with Crippen LogP contribution in [0.4, 0.5) is 24.1 Å². The molecule has 3 rings (SSSR count). The molecule has 11 heteroatoms. The van der Waals surface area contributed by atoms with Crippen molar-refractivity contribution in [1.29, 1.82) is 0 Å². The first-order valence-electron chi connectivity index (χ1n) is 7.96. The van der Waals surface area contributed by atoms with Crippen LogP contribution in [-0.2, 0) is 0 Å². The van der Waals surface area contributed by atoms with Gasteiger partial charge in [0.1, 0.15) is 17.1 Å². The van der Waals surface area contributed by atoms with E-state index in [2.05, 4.69) is 30.6 Å². The molecule has 1 amide bonds. The van der Waals surface area contributed by atoms with Crippen LogP contribution in [0.25, 0.3) is 0 Å². The number of halogens is 3. The molecule has 1 aromatic carbocycles. The summed E-state index contributed by atoms with van der Waals surface area (Å²) in [5, 5.41) is 13.5. The van der Waals surface area contributed by atoms with Gasteiger partial charge in [-0.3, -0.25) is 10.1 Å². The molecule has 28 heavy (non-hydrogen) atoms. The van der Waals surface area contributed by atoms with Gasteiger partial charge in [-0.05, 0) is 36.8 Å². The van der Waals surface area contributed by atoms with Gasteiger partial charge in [-0.2, -0.15) is 0 Å². The zero-order valence-corrected chi connectivity index (χ0v) is 15.2. The third-order valence-corrected chi connectivity index (χ3v) is 4.19. The third kappa shape index (κ3) is 5.39. The Labute approximate surface area is 161 Å². The van der Waals surface area contributed by atoms with Crippen LogP contribution in [0.1, 0.15) is 28.9 Å². The van der Waals surface area contributed by atoms with Crippen LogP contribution in [0, 0.1) is 0 Å². The average Bonchev–Trinajstić information content (AvgIpc) is 3.14. The summed E-state index contributed by atoms with van der Waals surface area (Å²) in [5.41, 5.74) is 2.60. The first kappa shape index (κ1) is 19.5. The summed E-state index contributed by atoms with van der Waals surface area (Å²) in [5.74, 6) is -0.132. The van der Waals surface area contributed by atoms with Crippen LogP contribution in [-0.4, -0.2) is 27.5 Å². The monoisotopic (exact) mass is 409 g/mol. The van der Waals surface area contributed by atoms with Crippen molar-refractivity contribution in [3.63, 3.8) is 0 Å². The van der Waals surface area contributed by atoms with Gasteiger partial charge in [0.25, 0.3) is 5.91 Å². The number of hydrogen-bond donors (Lipinski definition) is 2. The van der Waals surface area contributed by atoms with Crippen LogP contribution in [0.5, 0.6) is 5.75 Å². The first-order chi connectivity index (χ1) is 13.3. The van der Waals surface area contributed by atoms with Crippen molar-refractivity contribution in [1.82, 2.24) is 15.2 Å². The average molecular weight is 409 g/mol. The first-order valence-corrected chi connectivity index (χ1v) is 8.84. The van der Waals surface area contributed by atoms with Gasteiger partial charge in [-0.25, -0.2) is 4.98 Å². The van der Waals surface area contributed by atoms with E-state index in [0.29, 0.717) is 16.5 Å². The van der Waals surface area contributed by atoms with Crippen molar-refractivity contribution >= 4 is 28.2 Å². The van der Waals surface area contributed by atoms with E-state index in [9.17, 15) is 18.0 Å². The van der Waals surface area contributed by atoms with Crippen molar-refractivity contribution in [2.45, 2.75) is 19.3 Å². The van der Waals surface area contributed by atoms with E-state index in [1.54, 1.807) is 12.1 Å². The summed E-state index contributed by atoms with van der Waals surface area (Å²) in [6.07, 6.45) is -3.31. The molecule has 0 aliphatic heterocycles. The van der Waals surface area contributed by atoms with Crippen LogP contribution >= 0.6 is 11.3 Å². The number of carbonyl (C=O) groups is 1. The Morgan fingerprint density at radius 2 is 1.93 bits per heavy atom. The van der Waals surface area contributed by atoms with Gasteiger partial charge in [-0.15, -0.1) is 23.4 Å². The molecule has 0 spiro atoms. The zero-order chi connectivity index (χ0) is 20.1. The summed E-state index contributed by atoms with van der Waals surface area (Å²) in [6, 6.07) is 8.55. The molecule has 0 saturated carbocycles. The number of amides is 1. The summed E-state index contributed by atoms with van der Waals surface area (Å²) >= 11 is 1.20. The van der Waals surface area contributed by atoms with Gasteiger partial charge in [0, 0.05) is 12.2 Å². The van der Waals surface area contributed by atoms with Gasteiger partial charge in [0.05, 0.1) is 5.56 Å². The minimum atomic E-state index is -4.72. The lowest BCUT2D eigenvalue weighted by Crippen LogP contribution is -2.17. The lowest BCUT2D eigenvalue weighted by molar-refractivity contribution is -0.274. The minimum Gasteiger partial charge on any atom is -0.406 e. The number of ether oxygens (including phenoxy) is 1. The van der Waals surface area contributed by atoms with Crippen LogP contribution in [0.2, 0.25) is 0 Å². The third-order valence-electron chi connectivity index (χ3n) is 3.58. The molecule has 0 aliphatic rings. The Kier molecular flexibility index (Phi) is 5.73. The Morgan fingerprint density at radius 3 is 2.50 bits per heavy atom. The number of carbonyl (C=O) groups excluding carboxylic acids is 1. The molecule has 7 nitrogen and oxygen atoms in total. The number of rotatable bonds is 6. The quantitative estimate of drug-likeness (QED) is 0.633. The number of benzene rings is 1. The van der Waals surface area contributed by atoms with Crippen molar-refractivity contribution in [3.8, 4) is 5.75 Å². The smallest absolute Gasteiger partial charge is 0.406 e. The summed E-state index contributed by atoms with van der Waals surface area (Å²) in [7, 11) is 0. The van der Waals surface area contributed by atoms with Gasteiger partial charge in [-0.1, -0.05) is 23.5 Å². The highest BCUT2D eigenvalue weighted by Crippen LogP contribution is 2.25.